The summed E-state index contributed by atoms with van der Waals surface area (Å²) in [7, 11) is 0. The predicted molar refractivity (Wildman–Crippen MR) is 107 cm³/mol. The Kier molecular flexibility index (Phi) is 7.47. The Balaban J connectivity index is 1.50. The molecular formula is C22H26N2O5. The number of hydrogen-bond acceptors (Lipinski definition) is 5. The minimum absolute atomic E-state index is 0.156. The molecule has 0 aliphatic carbocycles. The van der Waals surface area contributed by atoms with Gasteiger partial charge in [-0.3, -0.25) is 0 Å². The minimum Gasteiger partial charge on any atom is -0.445 e. The number of aliphatic hydroxyl groups is 1. The first kappa shape index (κ1) is 20.7. The summed E-state index contributed by atoms with van der Waals surface area (Å²) in [6.07, 6.45) is -0.700. The Morgan fingerprint density at radius 3 is 2.10 bits per heavy atom. The summed E-state index contributed by atoms with van der Waals surface area (Å²) in [6, 6.07) is 18.5. The predicted octanol–water partition coefficient (Wildman–Crippen LogP) is 3.07. The monoisotopic (exact) mass is 398 g/mol. The van der Waals surface area contributed by atoms with E-state index in [0.717, 1.165) is 11.1 Å². The quantitative estimate of drug-likeness (QED) is 0.808. The maximum Gasteiger partial charge on any atom is 0.410 e. The second-order valence-corrected chi connectivity index (χ2v) is 7.08. The van der Waals surface area contributed by atoms with Gasteiger partial charge in [-0.15, -0.1) is 0 Å². The fourth-order valence-corrected chi connectivity index (χ4v) is 3.18. The van der Waals surface area contributed by atoms with Crippen molar-refractivity contribution < 1.29 is 24.2 Å². The van der Waals surface area contributed by atoms with E-state index in [1.54, 1.807) is 0 Å². The summed E-state index contributed by atoms with van der Waals surface area (Å²) >= 11 is 0. The van der Waals surface area contributed by atoms with Crippen LogP contribution in [0.1, 0.15) is 24.0 Å². The zero-order valence-electron chi connectivity index (χ0n) is 16.2. The van der Waals surface area contributed by atoms with Gasteiger partial charge in [0, 0.05) is 13.1 Å². The average molecular weight is 398 g/mol. The van der Waals surface area contributed by atoms with E-state index in [9.17, 15) is 14.7 Å². The highest BCUT2D eigenvalue weighted by atomic mass is 16.6. The lowest BCUT2D eigenvalue weighted by Crippen LogP contribution is -2.45. The number of amides is 2. The second-order valence-electron chi connectivity index (χ2n) is 7.08. The summed E-state index contributed by atoms with van der Waals surface area (Å²) in [4.78, 5) is 26.0. The molecule has 2 amide bonds. The Morgan fingerprint density at radius 2 is 1.48 bits per heavy atom. The van der Waals surface area contributed by atoms with Gasteiger partial charge in [-0.05, 0) is 24.0 Å². The zero-order chi connectivity index (χ0) is 20.5. The normalized spacial score (nSPS) is 19.1. The second kappa shape index (κ2) is 10.5. The van der Waals surface area contributed by atoms with E-state index in [1.807, 2.05) is 60.7 Å². The van der Waals surface area contributed by atoms with Crippen molar-refractivity contribution in [1.29, 1.82) is 0 Å². The third-order valence-corrected chi connectivity index (χ3v) is 4.72. The van der Waals surface area contributed by atoms with Crippen LogP contribution in [-0.2, 0) is 22.7 Å². The maximum atomic E-state index is 12.5. The van der Waals surface area contributed by atoms with Crippen LogP contribution in [0.4, 0.5) is 9.59 Å². The van der Waals surface area contributed by atoms with Crippen molar-refractivity contribution in [3.8, 4) is 0 Å². The number of likely N-dealkylation sites (tertiary alicyclic amines) is 1. The number of hydrogen-bond donors (Lipinski definition) is 2. The van der Waals surface area contributed by atoms with Gasteiger partial charge in [0.1, 0.15) is 13.2 Å². The number of benzene rings is 2. The third-order valence-electron chi connectivity index (χ3n) is 4.72. The Labute approximate surface area is 170 Å². The number of ether oxygens (including phenoxy) is 2. The van der Waals surface area contributed by atoms with Gasteiger partial charge in [-0.25, -0.2) is 9.59 Å². The fourth-order valence-electron chi connectivity index (χ4n) is 3.18. The van der Waals surface area contributed by atoms with E-state index in [4.69, 9.17) is 9.47 Å². The highest BCUT2D eigenvalue weighted by Gasteiger charge is 2.28. The number of alkyl carbamates (subject to hydrolysis) is 1. The first-order valence-electron chi connectivity index (χ1n) is 9.71. The van der Waals surface area contributed by atoms with E-state index in [1.165, 1.54) is 4.90 Å². The molecule has 7 nitrogen and oxygen atoms in total. The molecule has 7 heteroatoms. The molecule has 3 rings (SSSR count). The number of nitrogens with zero attached hydrogens (tertiary/aromatic N) is 1. The van der Waals surface area contributed by atoms with Gasteiger partial charge in [0.15, 0.2) is 0 Å². The van der Waals surface area contributed by atoms with Crippen molar-refractivity contribution in [3.63, 3.8) is 0 Å². The van der Waals surface area contributed by atoms with Crippen LogP contribution in [0.3, 0.4) is 0 Å². The molecule has 0 bridgehead atoms. The van der Waals surface area contributed by atoms with Gasteiger partial charge in [0.25, 0.3) is 0 Å². The van der Waals surface area contributed by atoms with Crippen molar-refractivity contribution in [3.05, 3.63) is 71.8 Å². The molecule has 1 aliphatic rings. The number of carbonyl (C=O) groups excluding carboxylic acids is 2. The molecule has 0 aromatic heterocycles. The van der Waals surface area contributed by atoms with Gasteiger partial charge in [-0.1, -0.05) is 60.7 Å². The molecule has 1 heterocycles. The highest BCUT2D eigenvalue weighted by Crippen LogP contribution is 2.14. The maximum absolute atomic E-state index is 12.5. The molecular weight excluding hydrogens is 372 g/mol. The van der Waals surface area contributed by atoms with Crippen LogP contribution in [0.15, 0.2) is 60.7 Å². The lowest BCUT2D eigenvalue weighted by atomic mass is 10.1. The van der Waals surface area contributed by atoms with Gasteiger partial charge in [0.05, 0.1) is 12.1 Å². The van der Waals surface area contributed by atoms with Gasteiger partial charge >= 0.3 is 12.2 Å². The number of β-amino-alcohol motifs (C(OH)–C–C–N with tert-alkyl or cyclic N) is 1. The summed E-state index contributed by atoms with van der Waals surface area (Å²) in [5.74, 6) is 0. The summed E-state index contributed by atoms with van der Waals surface area (Å²) in [5, 5.41) is 12.9. The Bertz CT molecular complexity index is 784. The van der Waals surface area contributed by atoms with Gasteiger partial charge in [-0.2, -0.15) is 0 Å². The van der Waals surface area contributed by atoms with E-state index < -0.39 is 18.3 Å². The topological polar surface area (TPSA) is 88.1 Å². The number of aliphatic hydroxyl groups excluding tert-OH is 1. The minimum atomic E-state index is -0.661. The van der Waals surface area contributed by atoms with Crippen molar-refractivity contribution in [2.45, 2.75) is 38.2 Å². The van der Waals surface area contributed by atoms with Crippen LogP contribution < -0.4 is 5.32 Å². The van der Waals surface area contributed by atoms with Gasteiger partial charge in [0.2, 0.25) is 0 Å². The molecule has 2 aromatic carbocycles. The standard InChI is InChI=1S/C22H26N2O5/c25-20-12-11-19(23-21(26)28-15-17-7-3-1-4-8-17)13-24(14-20)22(27)29-16-18-9-5-2-6-10-18/h1-10,19-20,25H,11-16H2,(H,23,26)/t19-,20?/m0/s1. The first-order chi connectivity index (χ1) is 14.1. The highest BCUT2D eigenvalue weighted by molar-refractivity contribution is 5.69. The largest absolute Gasteiger partial charge is 0.445 e. The molecule has 0 spiro atoms. The van der Waals surface area contributed by atoms with Crippen LogP contribution in [0.25, 0.3) is 0 Å². The molecule has 0 saturated carbocycles. The summed E-state index contributed by atoms with van der Waals surface area (Å²) in [5.41, 5.74) is 1.78. The molecule has 1 fully saturated rings. The van der Waals surface area contributed by atoms with E-state index in [-0.39, 0.29) is 32.3 Å². The zero-order valence-corrected chi connectivity index (χ0v) is 16.2. The van der Waals surface area contributed by atoms with E-state index in [0.29, 0.717) is 12.8 Å². The van der Waals surface area contributed by atoms with Crippen molar-refractivity contribution in [2.24, 2.45) is 0 Å². The van der Waals surface area contributed by atoms with Crippen LogP contribution >= 0.6 is 0 Å². The van der Waals surface area contributed by atoms with Crippen LogP contribution in [0, 0.1) is 0 Å². The third kappa shape index (κ3) is 6.80. The van der Waals surface area contributed by atoms with E-state index in [2.05, 4.69) is 5.32 Å². The molecule has 29 heavy (non-hydrogen) atoms. The molecule has 0 radical (unpaired) electrons. The molecule has 2 atom stereocenters. The summed E-state index contributed by atoms with van der Waals surface area (Å²) in [6.45, 7) is 0.754. The van der Waals surface area contributed by atoms with Crippen molar-refractivity contribution in [2.75, 3.05) is 13.1 Å². The van der Waals surface area contributed by atoms with Crippen molar-refractivity contribution >= 4 is 12.2 Å². The van der Waals surface area contributed by atoms with Crippen LogP contribution in [0.5, 0.6) is 0 Å². The lowest BCUT2D eigenvalue weighted by molar-refractivity contribution is 0.0727. The molecule has 1 unspecified atom stereocenters. The SMILES string of the molecule is O=C(N[C@H]1CCC(O)CN(C(=O)OCc2ccccc2)C1)OCc1ccccc1. The Morgan fingerprint density at radius 1 is 0.897 bits per heavy atom. The summed E-state index contributed by atoms with van der Waals surface area (Å²) < 4.78 is 10.6. The molecule has 154 valence electrons. The van der Waals surface area contributed by atoms with Crippen LogP contribution in [0.2, 0.25) is 0 Å². The molecule has 1 saturated heterocycles. The van der Waals surface area contributed by atoms with Crippen LogP contribution in [-0.4, -0.2) is 47.4 Å². The average Bonchev–Trinajstić information content (AvgIpc) is 2.93. The van der Waals surface area contributed by atoms with Crippen molar-refractivity contribution in [1.82, 2.24) is 10.2 Å². The molecule has 1 aliphatic heterocycles. The fraction of sp³-hybridized carbons (Fsp3) is 0.364. The van der Waals surface area contributed by atoms with Gasteiger partial charge < -0.3 is 24.8 Å². The van der Waals surface area contributed by atoms with E-state index >= 15 is 0 Å². The number of nitrogens with one attached hydrogen (secondary N) is 1. The number of carbonyl (C=O) groups is 2. The first-order valence-corrected chi connectivity index (χ1v) is 9.71. The molecule has 2 N–H and O–H groups in total. The Hall–Kier alpha value is -3.06. The lowest BCUT2D eigenvalue weighted by Gasteiger charge is -2.25. The molecule has 2 aromatic rings. The number of rotatable bonds is 5. The smallest absolute Gasteiger partial charge is 0.410 e.